The van der Waals surface area contributed by atoms with E-state index >= 15 is 0 Å². The van der Waals surface area contributed by atoms with Crippen LogP contribution in [0.15, 0.2) is 30.7 Å². The molecule has 0 aliphatic carbocycles. The van der Waals surface area contributed by atoms with Crippen LogP contribution in [0.25, 0.3) is 5.69 Å². The van der Waals surface area contributed by atoms with Gasteiger partial charge in [0.05, 0.1) is 36.6 Å². The van der Waals surface area contributed by atoms with Crippen LogP contribution in [0.2, 0.25) is 0 Å². The van der Waals surface area contributed by atoms with E-state index in [1.807, 2.05) is 49.9 Å². The summed E-state index contributed by atoms with van der Waals surface area (Å²) in [5, 5.41) is 3.38. The predicted molar refractivity (Wildman–Crippen MR) is 143 cm³/mol. The number of aromatic nitrogens is 4. The van der Waals surface area contributed by atoms with E-state index < -0.39 is 5.54 Å². The number of rotatable bonds is 7. The average Bonchev–Trinajstić information content (AvgIpc) is 3.45. The smallest absolute Gasteiger partial charge is 0.252 e. The molecule has 37 heavy (non-hydrogen) atoms. The first-order valence-corrected chi connectivity index (χ1v) is 12.6. The fourth-order valence-corrected chi connectivity index (χ4v) is 5.42. The number of hydrogen-bond acceptors (Lipinski definition) is 8. The highest BCUT2D eigenvalue weighted by Gasteiger charge is 2.54. The SMILES string of the molecule is COc1cc(Nc2nc(CC(C)C)c3c(n2)N2CC(OC)CC2(C)C(=O)N3C)ccc1-n1cnc(C)c1. The number of likely N-dealkylation sites (N-methyl/N-ethyl adjacent to an activating group) is 1. The Morgan fingerprint density at radius 3 is 2.68 bits per heavy atom. The number of nitrogens with zero attached hydrogens (tertiary/aromatic N) is 6. The number of amides is 1. The zero-order valence-corrected chi connectivity index (χ0v) is 22.6. The summed E-state index contributed by atoms with van der Waals surface area (Å²) in [4.78, 5) is 31.5. The van der Waals surface area contributed by atoms with Crippen molar-refractivity contribution in [3.63, 3.8) is 0 Å². The van der Waals surface area contributed by atoms with Gasteiger partial charge >= 0.3 is 0 Å². The van der Waals surface area contributed by atoms with Crippen LogP contribution in [0.5, 0.6) is 5.75 Å². The van der Waals surface area contributed by atoms with Gasteiger partial charge in [-0.1, -0.05) is 13.8 Å². The molecule has 0 saturated carbocycles. The molecule has 1 saturated heterocycles. The van der Waals surface area contributed by atoms with E-state index in [4.69, 9.17) is 19.4 Å². The van der Waals surface area contributed by atoms with Crippen LogP contribution >= 0.6 is 0 Å². The van der Waals surface area contributed by atoms with Gasteiger partial charge in [-0.05, 0) is 38.3 Å². The van der Waals surface area contributed by atoms with E-state index in [-0.39, 0.29) is 12.0 Å². The minimum Gasteiger partial charge on any atom is -0.494 e. The molecule has 1 fully saturated rings. The largest absolute Gasteiger partial charge is 0.494 e. The number of aryl methyl sites for hydroxylation is 1. The number of fused-ring (bicyclic) bond motifs is 3. The topological polar surface area (TPSA) is 97.6 Å². The number of hydrogen-bond donors (Lipinski definition) is 1. The van der Waals surface area contributed by atoms with Gasteiger partial charge < -0.3 is 29.2 Å². The molecule has 2 aliphatic heterocycles. The standard InChI is InChI=1S/C27H35N7O3/c1-16(2)10-20-23-24(34-14-19(36-6)12-27(34,4)25(35)32(23)5)31-26(30-20)29-18-8-9-21(22(11-18)37-7)33-13-17(3)28-15-33/h8-9,11,13,15-16,19H,10,12,14H2,1-7H3,(H,29,30,31). The van der Waals surface area contributed by atoms with Crippen LogP contribution in [-0.2, 0) is 16.0 Å². The maximum absolute atomic E-state index is 13.5. The number of ether oxygens (including phenoxy) is 2. The van der Waals surface area contributed by atoms with Crippen LogP contribution in [0.1, 0.15) is 38.6 Å². The Labute approximate surface area is 217 Å². The molecule has 5 rings (SSSR count). The number of carbonyl (C=O) groups is 1. The Morgan fingerprint density at radius 1 is 1.24 bits per heavy atom. The molecule has 1 N–H and O–H groups in total. The highest BCUT2D eigenvalue weighted by Crippen LogP contribution is 2.46. The van der Waals surface area contributed by atoms with Crippen LogP contribution in [0, 0.1) is 12.8 Å². The average molecular weight is 506 g/mol. The molecular weight excluding hydrogens is 470 g/mol. The van der Waals surface area contributed by atoms with Gasteiger partial charge in [-0.3, -0.25) is 4.79 Å². The summed E-state index contributed by atoms with van der Waals surface area (Å²) in [7, 11) is 5.17. The van der Waals surface area contributed by atoms with Crippen molar-refractivity contribution in [1.29, 1.82) is 0 Å². The number of imidazole rings is 1. The van der Waals surface area contributed by atoms with Crippen LogP contribution < -0.4 is 19.9 Å². The van der Waals surface area contributed by atoms with Crippen molar-refractivity contribution in [1.82, 2.24) is 19.5 Å². The second kappa shape index (κ2) is 9.33. The first-order chi connectivity index (χ1) is 17.6. The van der Waals surface area contributed by atoms with Gasteiger partial charge in [-0.15, -0.1) is 0 Å². The molecule has 2 atom stereocenters. The highest BCUT2D eigenvalue weighted by atomic mass is 16.5. The first kappa shape index (κ1) is 25.0. The number of nitrogens with one attached hydrogen (secondary N) is 1. The van der Waals surface area contributed by atoms with E-state index in [9.17, 15) is 4.79 Å². The number of anilines is 4. The minimum absolute atomic E-state index is 0.0446. The zero-order chi connectivity index (χ0) is 26.5. The van der Waals surface area contributed by atoms with E-state index in [1.165, 1.54) is 0 Å². The summed E-state index contributed by atoms with van der Waals surface area (Å²) in [6.45, 7) is 8.83. The van der Waals surface area contributed by atoms with Gasteiger partial charge in [0.2, 0.25) is 5.95 Å². The molecule has 0 bridgehead atoms. The van der Waals surface area contributed by atoms with E-state index in [2.05, 4.69) is 29.0 Å². The molecule has 3 aromatic rings. The van der Waals surface area contributed by atoms with Crippen LogP contribution in [-0.4, -0.2) is 64.9 Å². The third-order valence-corrected chi connectivity index (χ3v) is 7.26. The molecule has 4 heterocycles. The Bertz CT molecular complexity index is 1340. The van der Waals surface area contributed by atoms with E-state index in [0.29, 0.717) is 30.6 Å². The zero-order valence-electron chi connectivity index (χ0n) is 22.6. The Hall–Kier alpha value is -3.66. The molecule has 2 aliphatic rings. The summed E-state index contributed by atoms with van der Waals surface area (Å²) in [6, 6.07) is 5.86. The number of carbonyl (C=O) groups excluding carboxylic acids is 1. The molecule has 1 aromatic carbocycles. The Balaban J connectivity index is 1.56. The summed E-state index contributed by atoms with van der Waals surface area (Å²) >= 11 is 0. The van der Waals surface area contributed by atoms with Gasteiger partial charge in [-0.25, -0.2) is 9.97 Å². The van der Waals surface area contributed by atoms with Crippen molar-refractivity contribution in [2.24, 2.45) is 5.92 Å². The lowest BCUT2D eigenvalue weighted by molar-refractivity contribution is -0.123. The van der Waals surface area contributed by atoms with Crippen molar-refractivity contribution < 1.29 is 14.3 Å². The minimum atomic E-state index is -0.711. The van der Waals surface area contributed by atoms with Gasteiger partial charge in [0.1, 0.15) is 17.0 Å². The Kier molecular flexibility index (Phi) is 6.31. The molecule has 10 nitrogen and oxygen atoms in total. The van der Waals surface area contributed by atoms with Crippen LogP contribution in [0.4, 0.5) is 23.1 Å². The third-order valence-electron chi connectivity index (χ3n) is 7.26. The first-order valence-electron chi connectivity index (χ1n) is 12.6. The van der Waals surface area contributed by atoms with Crippen molar-refractivity contribution in [3.05, 3.63) is 42.1 Å². The molecule has 1 amide bonds. The number of methoxy groups -OCH3 is 2. The maximum atomic E-state index is 13.5. The summed E-state index contributed by atoms with van der Waals surface area (Å²) in [5.41, 5.74) is 3.53. The second-order valence-electron chi connectivity index (χ2n) is 10.5. The fourth-order valence-electron chi connectivity index (χ4n) is 5.42. The molecule has 196 valence electrons. The molecule has 2 unspecified atom stereocenters. The van der Waals surface area contributed by atoms with E-state index in [1.54, 1.807) is 25.4 Å². The number of benzene rings is 1. The molecule has 10 heteroatoms. The maximum Gasteiger partial charge on any atom is 0.252 e. The molecular formula is C27H35N7O3. The quantitative estimate of drug-likeness (QED) is 0.517. The monoisotopic (exact) mass is 505 g/mol. The highest BCUT2D eigenvalue weighted by molar-refractivity contribution is 6.08. The third kappa shape index (κ3) is 4.29. The van der Waals surface area contributed by atoms with Crippen molar-refractivity contribution in [2.45, 2.75) is 52.2 Å². The second-order valence-corrected chi connectivity index (χ2v) is 10.5. The normalized spacial score (nSPS) is 20.9. The van der Waals surface area contributed by atoms with Gasteiger partial charge in [0.15, 0.2) is 5.82 Å². The van der Waals surface area contributed by atoms with Gasteiger partial charge in [0, 0.05) is 45.1 Å². The predicted octanol–water partition coefficient (Wildman–Crippen LogP) is 3.88. The molecule has 0 radical (unpaired) electrons. The Morgan fingerprint density at radius 2 is 2.03 bits per heavy atom. The van der Waals surface area contributed by atoms with Gasteiger partial charge in [-0.2, -0.15) is 4.98 Å². The summed E-state index contributed by atoms with van der Waals surface area (Å²) in [6.07, 6.45) is 5.01. The molecule has 2 aromatic heterocycles. The summed E-state index contributed by atoms with van der Waals surface area (Å²) in [5.74, 6) is 2.34. The van der Waals surface area contributed by atoms with Crippen LogP contribution in [0.3, 0.4) is 0 Å². The van der Waals surface area contributed by atoms with Crippen molar-refractivity contribution in [3.8, 4) is 11.4 Å². The van der Waals surface area contributed by atoms with E-state index in [0.717, 1.165) is 40.7 Å². The lowest BCUT2D eigenvalue weighted by Gasteiger charge is -2.44. The van der Waals surface area contributed by atoms with Crippen molar-refractivity contribution >= 4 is 29.0 Å². The lowest BCUT2D eigenvalue weighted by Crippen LogP contribution is -2.58. The van der Waals surface area contributed by atoms with Crippen molar-refractivity contribution in [2.75, 3.05) is 42.9 Å². The molecule has 0 spiro atoms. The van der Waals surface area contributed by atoms with Gasteiger partial charge in [0.25, 0.3) is 5.91 Å². The summed E-state index contributed by atoms with van der Waals surface area (Å²) < 4.78 is 13.3. The fraction of sp³-hybridized carbons (Fsp3) is 0.481. The lowest BCUT2D eigenvalue weighted by atomic mass is 9.92.